The molecule has 0 saturated heterocycles. The molecule has 0 fully saturated rings. The van der Waals surface area contributed by atoms with E-state index >= 15 is 0 Å². The van der Waals surface area contributed by atoms with Gasteiger partial charge in [0, 0.05) is 45.0 Å². The zero-order valence-corrected chi connectivity index (χ0v) is 16.6. The van der Waals surface area contributed by atoms with Crippen LogP contribution in [0.15, 0.2) is 0 Å². The van der Waals surface area contributed by atoms with Crippen molar-refractivity contribution >= 4 is 30.9 Å². The number of nitrogens with zero attached hydrogens (tertiary/aromatic N) is 2. The molecule has 0 saturated carbocycles. The van der Waals surface area contributed by atoms with Crippen molar-refractivity contribution in [3.05, 3.63) is 0 Å². The average molecular weight is 351 g/mol. The van der Waals surface area contributed by atoms with Crippen molar-refractivity contribution in [2.24, 2.45) is 0 Å². The van der Waals surface area contributed by atoms with E-state index in [0.29, 0.717) is 37.9 Å². The molecule has 0 aromatic carbocycles. The first-order chi connectivity index (χ1) is 9.60. The van der Waals surface area contributed by atoms with Crippen LogP contribution in [0, 0.1) is 0 Å². The standard InChI is InChI=1S/C9H21Cl2N2O2P.2C2H6/c1-4-12(8-6-10)16(14,15-3)13(5-2)9-7-11;2*1-2/h4-9H2,1-3H3;2*1-2H3. The first-order valence-corrected chi connectivity index (χ1v) is 9.99. The minimum atomic E-state index is -2.96. The average Bonchev–Trinajstić information content (AvgIpc) is 2.53. The van der Waals surface area contributed by atoms with E-state index in [1.165, 1.54) is 7.11 Å². The van der Waals surface area contributed by atoms with Gasteiger partial charge in [0.05, 0.1) is 0 Å². The van der Waals surface area contributed by atoms with Crippen LogP contribution >= 0.6 is 30.9 Å². The summed E-state index contributed by atoms with van der Waals surface area (Å²) in [6.07, 6.45) is 0. The van der Waals surface area contributed by atoms with Gasteiger partial charge in [-0.05, 0) is 0 Å². The third kappa shape index (κ3) is 8.86. The van der Waals surface area contributed by atoms with Crippen LogP contribution in [0.1, 0.15) is 41.5 Å². The smallest absolute Gasteiger partial charge is 0.309 e. The largest absolute Gasteiger partial charge is 0.345 e. The van der Waals surface area contributed by atoms with Gasteiger partial charge in [-0.15, -0.1) is 23.2 Å². The van der Waals surface area contributed by atoms with Crippen molar-refractivity contribution in [1.29, 1.82) is 0 Å². The van der Waals surface area contributed by atoms with Crippen LogP contribution < -0.4 is 0 Å². The molecule has 4 nitrogen and oxygen atoms in total. The first kappa shape index (κ1) is 25.6. The fraction of sp³-hybridized carbons (Fsp3) is 1.00. The quantitative estimate of drug-likeness (QED) is 0.436. The van der Waals surface area contributed by atoms with Crippen molar-refractivity contribution in [3.8, 4) is 0 Å². The van der Waals surface area contributed by atoms with Crippen molar-refractivity contribution in [2.45, 2.75) is 41.5 Å². The molecular weight excluding hydrogens is 318 g/mol. The van der Waals surface area contributed by atoms with Crippen LogP contribution in [0.4, 0.5) is 0 Å². The third-order valence-electron chi connectivity index (χ3n) is 2.37. The van der Waals surface area contributed by atoms with Gasteiger partial charge in [-0.2, -0.15) is 0 Å². The molecule has 0 amide bonds. The number of hydrogen-bond donors (Lipinski definition) is 0. The van der Waals surface area contributed by atoms with Gasteiger partial charge < -0.3 is 4.52 Å². The predicted octanol–water partition coefficient (Wildman–Crippen LogP) is 4.91. The Morgan fingerprint density at radius 1 is 0.900 bits per heavy atom. The van der Waals surface area contributed by atoms with E-state index in [1.807, 2.05) is 41.5 Å². The summed E-state index contributed by atoms with van der Waals surface area (Å²) >= 11 is 11.4. The molecule has 0 spiro atoms. The van der Waals surface area contributed by atoms with E-state index in [2.05, 4.69) is 0 Å². The Hall–Kier alpha value is 0.690. The van der Waals surface area contributed by atoms with Crippen LogP contribution in [0.25, 0.3) is 0 Å². The molecular formula is C13H33Cl2N2O2P. The maximum absolute atomic E-state index is 12.7. The maximum Gasteiger partial charge on any atom is 0.345 e. The van der Waals surface area contributed by atoms with Crippen LogP contribution in [0.2, 0.25) is 0 Å². The molecule has 0 bridgehead atoms. The molecule has 126 valence electrons. The number of alkyl halides is 2. The third-order valence-corrected chi connectivity index (χ3v) is 5.58. The second-order valence-corrected chi connectivity index (χ2v) is 6.38. The van der Waals surface area contributed by atoms with Gasteiger partial charge >= 0.3 is 7.67 Å². The maximum atomic E-state index is 12.7. The summed E-state index contributed by atoms with van der Waals surface area (Å²) in [6.45, 7) is 14.2. The summed E-state index contributed by atoms with van der Waals surface area (Å²) < 4.78 is 21.5. The molecule has 0 unspecified atom stereocenters. The molecule has 0 radical (unpaired) electrons. The normalized spacial score (nSPS) is 10.8. The molecule has 0 aliphatic rings. The zero-order chi connectivity index (χ0) is 16.6. The molecule has 0 rings (SSSR count). The van der Waals surface area contributed by atoms with Crippen molar-refractivity contribution in [1.82, 2.24) is 9.34 Å². The first-order valence-electron chi connectivity index (χ1n) is 7.39. The molecule has 0 aromatic rings. The monoisotopic (exact) mass is 350 g/mol. The van der Waals surface area contributed by atoms with Crippen LogP contribution in [-0.4, -0.2) is 54.4 Å². The number of halogens is 2. The molecule has 0 heterocycles. The fourth-order valence-corrected chi connectivity index (χ4v) is 4.42. The van der Waals surface area contributed by atoms with Gasteiger partial charge in [-0.1, -0.05) is 41.5 Å². The number of rotatable bonds is 9. The van der Waals surface area contributed by atoms with E-state index in [-0.39, 0.29) is 0 Å². The lowest BCUT2D eigenvalue weighted by Crippen LogP contribution is -2.34. The summed E-state index contributed by atoms with van der Waals surface area (Å²) in [6, 6.07) is 0. The summed E-state index contributed by atoms with van der Waals surface area (Å²) in [5.74, 6) is 0.860. The minimum absolute atomic E-state index is 0.430. The minimum Gasteiger partial charge on any atom is -0.309 e. The Balaban J connectivity index is -0.000000656. The Bertz CT molecular complexity index is 216. The Morgan fingerprint density at radius 2 is 1.20 bits per heavy atom. The lowest BCUT2D eigenvalue weighted by atomic mass is 10.7. The zero-order valence-electron chi connectivity index (χ0n) is 14.2. The molecule has 0 N–H and O–H groups in total. The van der Waals surface area contributed by atoms with E-state index in [4.69, 9.17) is 27.7 Å². The van der Waals surface area contributed by atoms with E-state index in [1.54, 1.807) is 9.34 Å². The second kappa shape index (κ2) is 17.7. The highest BCUT2D eigenvalue weighted by atomic mass is 35.5. The molecule has 7 heteroatoms. The highest BCUT2D eigenvalue weighted by molar-refractivity contribution is 7.53. The van der Waals surface area contributed by atoms with Crippen LogP contribution in [0.5, 0.6) is 0 Å². The SMILES string of the molecule is CC.CC.CCN(CCCl)P(=O)(OC)N(CC)CCCl. The number of hydrogen-bond acceptors (Lipinski definition) is 2. The predicted molar refractivity (Wildman–Crippen MR) is 93.2 cm³/mol. The summed E-state index contributed by atoms with van der Waals surface area (Å²) in [5.41, 5.74) is 0. The Labute approximate surface area is 136 Å². The molecule has 0 atom stereocenters. The molecule has 0 aliphatic carbocycles. The van der Waals surface area contributed by atoms with Gasteiger partial charge in [0.1, 0.15) is 0 Å². The van der Waals surface area contributed by atoms with Crippen LogP contribution in [-0.2, 0) is 9.09 Å². The van der Waals surface area contributed by atoms with Gasteiger partial charge in [0.15, 0.2) is 0 Å². The molecule has 0 aliphatic heterocycles. The van der Waals surface area contributed by atoms with Gasteiger partial charge in [0.25, 0.3) is 0 Å². The molecule has 0 aromatic heterocycles. The second-order valence-electron chi connectivity index (χ2n) is 3.14. The van der Waals surface area contributed by atoms with Crippen molar-refractivity contribution in [2.75, 3.05) is 45.0 Å². The van der Waals surface area contributed by atoms with Gasteiger partial charge in [0.2, 0.25) is 0 Å². The highest BCUT2D eigenvalue weighted by Crippen LogP contribution is 2.53. The Kier molecular flexibility index (Phi) is 22.7. The Morgan fingerprint density at radius 3 is 1.35 bits per heavy atom. The van der Waals surface area contributed by atoms with E-state index in [0.717, 1.165) is 0 Å². The van der Waals surface area contributed by atoms with Gasteiger partial charge in [-0.25, -0.2) is 9.34 Å². The summed E-state index contributed by atoms with van der Waals surface area (Å²) in [4.78, 5) is 0. The molecule has 20 heavy (non-hydrogen) atoms. The van der Waals surface area contributed by atoms with Gasteiger partial charge in [-0.3, -0.25) is 4.57 Å². The summed E-state index contributed by atoms with van der Waals surface area (Å²) in [7, 11) is -1.49. The van der Waals surface area contributed by atoms with Crippen molar-refractivity contribution in [3.63, 3.8) is 0 Å². The topological polar surface area (TPSA) is 32.8 Å². The van der Waals surface area contributed by atoms with E-state index in [9.17, 15) is 4.57 Å². The van der Waals surface area contributed by atoms with E-state index < -0.39 is 7.67 Å². The van der Waals surface area contributed by atoms with Crippen molar-refractivity contribution < 1.29 is 9.09 Å². The highest BCUT2D eigenvalue weighted by Gasteiger charge is 2.35. The lowest BCUT2D eigenvalue weighted by Gasteiger charge is -2.35. The van der Waals surface area contributed by atoms with Crippen LogP contribution in [0.3, 0.4) is 0 Å². The summed E-state index contributed by atoms with van der Waals surface area (Å²) in [5, 5.41) is 0. The fourth-order valence-electron chi connectivity index (χ4n) is 1.53. The lowest BCUT2D eigenvalue weighted by molar-refractivity contribution is 0.252.